The van der Waals surface area contributed by atoms with Crippen molar-refractivity contribution in [1.29, 1.82) is 0 Å². The third kappa shape index (κ3) is 7.82. The number of rotatable bonds is 6. The summed E-state index contributed by atoms with van der Waals surface area (Å²) in [4.78, 5) is 11.0. The van der Waals surface area contributed by atoms with E-state index in [0.717, 1.165) is 0 Å². The second-order valence-electron chi connectivity index (χ2n) is 4.64. The van der Waals surface area contributed by atoms with Crippen molar-refractivity contribution in [1.82, 2.24) is 0 Å². The average molecular weight is 250 g/mol. The molecule has 5 heteroatoms. The first-order chi connectivity index (χ1) is 7.26. The Kier molecular flexibility index (Phi) is 6.83. The monoisotopic (exact) mass is 250 g/mol. The van der Waals surface area contributed by atoms with Gasteiger partial charge < -0.3 is 9.47 Å². The van der Waals surface area contributed by atoms with Crippen molar-refractivity contribution in [3.63, 3.8) is 0 Å². The van der Waals surface area contributed by atoms with Crippen molar-refractivity contribution in [2.45, 2.75) is 45.0 Å². The third-order valence-corrected chi connectivity index (χ3v) is 3.58. The lowest BCUT2D eigenvalue weighted by atomic mass is 10.2. The van der Waals surface area contributed by atoms with E-state index in [4.69, 9.17) is 4.74 Å². The summed E-state index contributed by atoms with van der Waals surface area (Å²) in [5.74, 6) is 0.132. The van der Waals surface area contributed by atoms with Gasteiger partial charge in [0.05, 0.1) is 25.7 Å². The second-order valence-corrected chi connectivity index (χ2v) is 6.61. The van der Waals surface area contributed by atoms with Gasteiger partial charge in [-0.15, -0.1) is 0 Å². The number of hydrogen-bond acceptors (Lipinski definition) is 4. The van der Waals surface area contributed by atoms with Gasteiger partial charge in [-0.3, -0.25) is 9.00 Å². The number of methoxy groups -OCH3 is 1. The van der Waals surface area contributed by atoms with Gasteiger partial charge in [-0.25, -0.2) is 0 Å². The van der Waals surface area contributed by atoms with E-state index in [2.05, 4.69) is 4.74 Å². The van der Waals surface area contributed by atoms with Crippen LogP contribution in [0.4, 0.5) is 0 Å². The number of esters is 1. The number of hydrogen-bond donors (Lipinski definition) is 0. The summed E-state index contributed by atoms with van der Waals surface area (Å²) in [6.45, 7) is 8.08. The van der Waals surface area contributed by atoms with E-state index in [1.165, 1.54) is 7.11 Å². The number of carbonyl (C=O) groups is 1. The summed E-state index contributed by atoms with van der Waals surface area (Å²) in [6, 6.07) is 0. The highest BCUT2D eigenvalue weighted by Crippen LogP contribution is 2.08. The van der Waals surface area contributed by atoms with Crippen LogP contribution in [0.5, 0.6) is 0 Å². The fourth-order valence-electron chi connectivity index (χ4n) is 1.04. The minimum Gasteiger partial charge on any atom is -0.469 e. The highest BCUT2D eigenvalue weighted by molar-refractivity contribution is 7.85. The Morgan fingerprint density at radius 3 is 2.38 bits per heavy atom. The zero-order valence-corrected chi connectivity index (χ0v) is 11.6. The SMILES string of the molecule is COC(=O)CC(C)S(=O)CCOC(C)(C)C. The van der Waals surface area contributed by atoms with Crippen molar-refractivity contribution in [2.75, 3.05) is 19.5 Å². The molecule has 0 aromatic heterocycles. The third-order valence-electron chi connectivity index (χ3n) is 1.95. The van der Waals surface area contributed by atoms with E-state index in [1.807, 2.05) is 20.8 Å². The van der Waals surface area contributed by atoms with Gasteiger partial charge >= 0.3 is 5.97 Å². The molecule has 0 aromatic carbocycles. The van der Waals surface area contributed by atoms with Crippen LogP contribution < -0.4 is 0 Å². The van der Waals surface area contributed by atoms with Gasteiger partial charge in [-0.1, -0.05) is 6.92 Å². The Morgan fingerprint density at radius 1 is 1.38 bits per heavy atom. The molecule has 0 rings (SSSR count). The van der Waals surface area contributed by atoms with Gasteiger partial charge in [0, 0.05) is 21.8 Å². The molecule has 0 bridgehead atoms. The van der Waals surface area contributed by atoms with Gasteiger partial charge in [-0.2, -0.15) is 0 Å². The molecule has 96 valence electrons. The molecule has 0 aliphatic heterocycles. The Hall–Kier alpha value is -0.420. The molecule has 2 atom stereocenters. The fourth-order valence-corrected chi connectivity index (χ4v) is 2.01. The molecule has 0 saturated carbocycles. The smallest absolute Gasteiger partial charge is 0.306 e. The maximum Gasteiger partial charge on any atom is 0.306 e. The molecule has 2 unspecified atom stereocenters. The Balaban J connectivity index is 3.84. The molecule has 4 nitrogen and oxygen atoms in total. The Labute approximate surface area is 100 Å². The van der Waals surface area contributed by atoms with E-state index in [-0.39, 0.29) is 23.2 Å². The van der Waals surface area contributed by atoms with Crippen LogP contribution in [0.15, 0.2) is 0 Å². The lowest BCUT2D eigenvalue weighted by molar-refractivity contribution is -0.140. The quantitative estimate of drug-likeness (QED) is 0.670. The molecule has 0 heterocycles. The maximum absolute atomic E-state index is 11.7. The highest BCUT2D eigenvalue weighted by Gasteiger charge is 2.17. The molecular formula is C11H22O4S. The average Bonchev–Trinajstić information content (AvgIpc) is 2.15. The van der Waals surface area contributed by atoms with Crippen molar-refractivity contribution < 1.29 is 18.5 Å². The summed E-state index contributed by atoms with van der Waals surface area (Å²) >= 11 is 0. The predicted octanol–water partition coefficient (Wildman–Crippen LogP) is 1.50. The molecule has 0 saturated heterocycles. The predicted molar refractivity (Wildman–Crippen MR) is 64.8 cm³/mol. The van der Waals surface area contributed by atoms with Crippen LogP contribution in [0.25, 0.3) is 0 Å². The van der Waals surface area contributed by atoms with Crippen molar-refractivity contribution in [2.24, 2.45) is 0 Å². The minimum atomic E-state index is -1.05. The zero-order valence-electron chi connectivity index (χ0n) is 10.7. The summed E-state index contributed by atoms with van der Waals surface area (Å²) in [5, 5.41) is -0.184. The van der Waals surface area contributed by atoms with Crippen LogP contribution in [0.1, 0.15) is 34.1 Å². The topological polar surface area (TPSA) is 52.6 Å². The first-order valence-electron chi connectivity index (χ1n) is 5.34. The fraction of sp³-hybridized carbons (Fsp3) is 0.909. The Bertz CT molecular complexity index is 245. The second kappa shape index (κ2) is 7.01. The molecule has 0 amide bonds. The lowest BCUT2D eigenvalue weighted by Crippen LogP contribution is -2.25. The molecule has 0 aliphatic rings. The molecule has 0 aromatic rings. The largest absolute Gasteiger partial charge is 0.469 e. The standard InChI is InChI=1S/C11H22O4S/c1-9(8-10(12)14-5)16(13)7-6-15-11(2,3)4/h9H,6-8H2,1-5H3. The van der Waals surface area contributed by atoms with Crippen LogP contribution in [0, 0.1) is 0 Å². The zero-order chi connectivity index (χ0) is 12.8. The highest BCUT2D eigenvalue weighted by atomic mass is 32.2. The Morgan fingerprint density at radius 2 is 1.94 bits per heavy atom. The van der Waals surface area contributed by atoms with Crippen molar-refractivity contribution in [3.05, 3.63) is 0 Å². The summed E-state index contributed by atoms with van der Waals surface area (Å²) in [7, 11) is 0.287. The van der Waals surface area contributed by atoms with Gasteiger partial charge in [-0.05, 0) is 20.8 Å². The van der Waals surface area contributed by atoms with E-state index >= 15 is 0 Å². The molecule has 0 N–H and O–H groups in total. The van der Waals surface area contributed by atoms with Crippen LogP contribution >= 0.6 is 0 Å². The molecule has 0 radical (unpaired) electrons. The van der Waals surface area contributed by atoms with Gasteiger partial charge in [0.1, 0.15) is 0 Å². The number of ether oxygens (including phenoxy) is 2. The molecule has 0 aliphatic carbocycles. The molecule has 0 spiro atoms. The summed E-state index contributed by atoms with van der Waals surface area (Å²) in [6.07, 6.45) is 0.193. The minimum absolute atomic E-state index is 0.184. The van der Waals surface area contributed by atoms with E-state index < -0.39 is 10.8 Å². The first kappa shape index (κ1) is 15.6. The summed E-state index contributed by atoms with van der Waals surface area (Å²) < 4.78 is 21.7. The van der Waals surface area contributed by atoms with E-state index in [9.17, 15) is 9.00 Å². The lowest BCUT2D eigenvalue weighted by Gasteiger charge is -2.19. The summed E-state index contributed by atoms with van der Waals surface area (Å²) in [5.41, 5.74) is -0.213. The molecule has 0 fully saturated rings. The van der Waals surface area contributed by atoms with Crippen LogP contribution in [-0.4, -0.2) is 40.5 Å². The van der Waals surface area contributed by atoms with Crippen LogP contribution in [0.2, 0.25) is 0 Å². The molecule has 16 heavy (non-hydrogen) atoms. The van der Waals surface area contributed by atoms with Gasteiger partial charge in [0.2, 0.25) is 0 Å². The first-order valence-corrected chi connectivity index (χ1v) is 6.72. The van der Waals surface area contributed by atoms with Crippen LogP contribution in [-0.2, 0) is 25.1 Å². The number of carbonyl (C=O) groups excluding carboxylic acids is 1. The maximum atomic E-state index is 11.7. The van der Waals surface area contributed by atoms with Crippen molar-refractivity contribution >= 4 is 16.8 Å². The normalized spacial score (nSPS) is 15.6. The van der Waals surface area contributed by atoms with Gasteiger partial charge in [0.25, 0.3) is 0 Å². The van der Waals surface area contributed by atoms with E-state index in [1.54, 1.807) is 6.92 Å². The van der Waals surface area contributed by atoms with Crippen LogP contribution in [0.3, 0.4) is 0 Å². The van der Waals surface area contributed by atoms with Crippen molar-refractivity contribution in [3.8, 4) is 0 Å². The molecular weight excluding hydrogens is 228 g/mol. The van der Waals surface area contributed by atoms with Gasteiger partial charge in [0.15, 0.2) is 0 Å². The van der Waals surface area contributed by atoms with E-state index in [0.29, 0.717) is 12.4 Å².